The van der Waals surface area contributed by atoms with Gasteiger partial charge in [-0.25, -0.2) is 9.37 Å². The molecule has 0 unspecified atom stereocenters. The second-order valence-corrected chi connectivity index (χ2v) is 6.57. The molecule has 1 atom stereocenters. The van der Waals surface area contributed by atoms with Gasteiger partial charge < -0.3 is 9.47 Å². The summed E-state index contributed by atoms with van der Waals surface area (Å²) in [5.41, 5.74) is 0.957. The van der Waals surface area contributed by atoms with Crippen LogP contribution in [0.4, 0.5) is 4.39 Å². The minimum Gasteiger partial charge on any atom is -0.489 e. The highest BCUT2D eigenvalue weighted by atomic mass is 32.1. The van der Waals surface area contributed by atoms with Crippen molar-refractivity contribution in [3.8, 4) is 5.75 Å². The molecule has 3 aromatic rings. The molecule has 0 aliphatic heterocycles. The van der Waals surface area contributed by atoms with Gasteiger partial charge in [-0.15, -0.1) is 11.3 Å². The summed E-state index contributed by atoms with van der Waals surface area (Å²) < 4.78 is 25.9. The molecule has 130 valence electrons. The lowest BCUT2D eigenvalue weighted by Crippen LogP contribution is -2.29. The summed E-state index contributed by atoms with van der Waals surface area (Å²) in [6.07, 6.45) is 2.37. The number of halogens is 1. The second-order valence-electron chi connectivity index (χ2n) is 5.67. The zero-order valence-corrected chi connectivity index (χ0v) is 15.1. The number of nitrogens with zero attached hydrogens (tertiary/aromatic N) is 1. The Morgan fingerprint density at radius 3 is 2.60 bits per heavy atom. The van der Waals surface area contributed by atoms with Crippen LogP contribution in [-0.2, 0) is 16.9 Å². The quantitative estimate of drug-likeness (QED) is 0.585. The Balaban J connectivity index is 1.92. The summed E-state index contributed by atoms with van der Waals surface area (Å²) in [6.45, 7) is 2.38. The lowest BCUT2D eigenvalue weighted by Gasteiger charge is -2.30. The van der Waals surface area contributed by atoms with Crippen molar-refractivity contribution in [1.82, 2.24) is 4.98 Å². The van der Waals surface area contributed by atoms with Crippen molar-refractivity contribution < 1.29 is 13.9 Å². The van der Waals surface area contributed by atoms with E-state index in [9.17, 15) is 4.39 Å². The minimum atomic E-state index is -0.777. The Labute approximate surface area is 151 Å². The van der Waals surface area contributed by atoms with Crippen LogP contribution in [0, 0.1) is 5.82 Å². The largest absolute Gasteiger partial charge is 0.489 e. The van der Waals surface area contributed by atoms with E-state index in [1.807, 2.05) is 48.7 Å². The first-order chi connectivity index (χ1) is 12.2. The number of benzene rings is 2. The fraction of sp³-hybridized carbons (Fsp3) is 0.250. The molecule has 0 radical (unpaired) electrons. The molecule has 0 amide bonds. The molecule has 0 fully saturated rings. The van der Waals surface area contributed by atoms with Crippen LogP contribution in [0.15, 0.2) is 60.1 Å². The van der Waals surface area contributed by atoms with Crippen molar-refractivity contribution in [3.05, 3.63) is 82.1 Å². The van der Waals surface area contributed by atoms with Crippen molar-refractivity contribution in [3.63, 3.8) is 0 Å². The second kappa shape index (κ2) is 7.76. The first-order valence-electron chi connectivity index (χ1n) is 8.11. The minimum absolute atomic E-state index is 0.355. The summed E-state index contributed by atoms with van der Waals surface area (Å²) in [4.78, 5) is 4.39. The monoisotopic (exact) mass is 357 g/mol. The van der Waals surface area contributed by atoms with E-state index in [1.54, 1.807) is 13.3 Å². The Hall–Kier alpha value is -2.24. The first kappa shape index (κ1) is 17.6. The van der Waals surface area contributed by atoms with Gasteiger partial charge in [0.25, 0.3) is 0 Å². The normalized spacial score (nSPS) is 13.4. The van der Waals surface area contributed by atoms with Crippen molar-refractivity contribution in [1.29, 1.82) is 0 Å². The van der Waals surface area contributed by atoms with Crippen LogP contribution in [0.5, 0.6) is 5.75 Å². The van der Waals surface area contributed by atoms with Crippen LogP contribution in [0.25, 0.3) is 0 Å². The van der Waals surface area contributed by atoms with Crippen molar-refractivity contribution in [2.24, 2.45) is 0 Å². The van der Waals surface area contributed by atoms with Gasteiger partial charge in [0.1, 0.15) is 28.8 Å². The van der Waals surface area contributed by atoms with Gasteiger partial charge in [-0.05, 0) is 29.7 Å². The third-order valence-corrected chi connectivity index (χ3v) is 5.13. The molecule has 3 nitrogen and oxygen atoms in total. The molecular weight excluding hydrogens is 337 g/mol. The number of ether oxygens (including phenoxy) is 2. The van der Waals surface area contributed by atoms with E-state index in [-0.39, 0.29) is 5.82 Å². The fourth-order valence-electron chi connectivity index (χ4n) is 2.87. The predicted octanol–water partition coefficient (Wildman–Crippen LogP) is 5.16. The number of methoxy groups -OCH3 is 1. The maximum atomic E-state index is 14.2. The average Bonchev–Trinajstić information content (AvgIpc) is 3.17. The molecule has 5 heteroatoms. The molecule has 25 heavy (non-hydrogen) atoms. The molecule has 1 aromatic heterocycles. The number of hydrogen-bond acceptors (Lipinski definition) is 4. The van der Waals surface area contributed by atoms with E-state index in [0.717, 1.165) is 10.6 Å². The lowest BCUT2D eigenvalue weighted by molar-refractivity contribution is 0.0180. The molecule has 0 spiro atoms. The van der Waals surface area contributed by atoms with Gasteiger partial charge in [0.2, 0.25) is 0 Å². The molecule has 0 bridgehead atoms. The smallest absolute Gasteiger partial charge is 0.144 e. The maximum absolute atomic E-state index is 14.2. The number of thiazole rings is 1. The summed E-state index contributed by atoms with van der Waals surface area (Å²) in [6, 6.07) is 14.5. The molecule has 2 aromatic carbocycles. The highest BCUT2D eigenvalue weighted by Crippen LogP contribution is 2.39. The summed E-state index contributed by atoms with van der Waals surface area (Å²) in [5.74, 6) is 0.122. The Morgan fingerprint density at radius 1 is 1.16 bits per heavy atom. The lowest BCUT2D eigenvalue weighted by atomic mass is 9.91. The molecule has 0 aliphatic rings. The van der Waals surface area contributed by atoms with E-state index < -0.39 is 5.60 Å². The van der Waals surface area contributed by atoms with E-state index in [0.29, 0.717) is 24.3 Å². The Bertz CT molecular complexity index is 802. The standard InChI is InChI=1S/C20H20FNO2S/c1-3-20(23-2,19-22-9-10-25-19)16-11-17(21)13-18(12-16)24-14-15-7-5-4-6-8-15/h4-13H,3,14H2,1-2H3/t20-/m1/s1. The van der Waals surface area contributed by atoms with Crippen LogP contribution < -0.4 is 4.74 Å². The van der Waals surface area contributed by atoms with E-state index >= 15 is 0 Å². The zero-order valence-electron chi connectivity index (χ0n) is 14.2. The van der Waals surface area contributed by atoms with Crippen molar-refractivity contribution in [2.45, 2.75) is 25.6 Å². The van der Waals surface area contributed by atoms with Crippen LogP contribution in [0.3, 0.4) is 0 Å². The zero-order chi connectivity index (χ0) is 17.7. The van der Waals surface area contributed by atoms with E-state index in [1.165, 1.54) is 23.5 Å². The van der Waals surface area contributed by atoms with Gasteiger partial charge in [-0.2, -0.15) is 0 Å². The van der Waals surface area contributed by atoms with Crippen LogP contribution in [-0.4, -0.2) is 12.1 Å². The highest BCUT2D eigenvalue weighted by Gasteiger charge is 2.36. The number of hydrogen-bond donors (Lipinski definition) is 0. The summed E-state index contributed by atoms with van der Waals surface area (Å²) in [5, 5.41) is 2.70. The average molecular weight is 357 g/mol. The third-order valence-electron chi connectivity index (χ3n) is 4.21. The van der Waals surface area contributed by atoms with Gasteiger partial charge in [0.05, 0.1) is 0 Å². The highest BCUT2D eigenvalue weighted by molar-refractivity contribution is 7.09. The first-order valence-corrected chi connectivity index (χ1v) is 8.99. The molecule has 3 rings (SSSR count). The molecule has 0 saturated heterocycles. The Morgan fingerprint density at radius 2 is 1.96 bits per heavy atom. The third kappa shape index (κ3) is 3.72. The molecule has 0 saturated carbocycles. The summed E-state index contributed by atoms with van der Waals surface area (Å²) >= 11 is 1.50. The number of rotatable bonds is 7. The van der Waals surface area contributed by atoms with Crippen LogP contribution >= 0.6 is 11.3 Å². The summed E-state index contributed by atoms with van der Waals surface area (Å²) in [7, 11) is 1.63. The molecule has 0 aliphatic carbocycles. The molecule has 0 N–H and O–H groups in total. The Kier molecular flexibility index (Phi) is 5.46. The molecular formula is C20H20FNO2S. The van der Waals surface area contributed by atoms with Crippen LogP contribution in [0.2, 0.25) is 0 Å². The van der Waals surface area contributed by atoms with Crippen molar-refractivity contribution >= 4 is 11.3 Å². The van der Waals surface area contributed by atoms with Gasteiger partial charge in [-0.1, -0.05) is 37.3 Å². The molecule has 1 heterocycles. The van der Waals surface area contributed by atoms with Crippen LogP contribution in [0.1, 0.15) is 29.5 Å². The van der Waals surface area contributed by atoms with Gasteiger partial charge in [0, 0.05) is 24.8 Å². The predicted molar refractivity (Wildman–Crippen MR) is 97.4 cm³/mol. The maximum Gasteiger partial charge on any atom is 0.144 e. The van der Waals surface area contributed by atoms with E-state index in [2.05, 4.69) is 4.98 Å². The van der Waals surface area contributed by atoms with E-state index in [4.69, 9.17) is 9.47 Å². The van der Waals surface area contributed by atoms with Crippen molar-refractivity contribution in [2.75, 3.05) is 7.11 Å². The van der Waals surface area contributed by atoms with Gasteiger partial charge in [-0.3, -0.25) is 0 Å². The van der Waals surface area contributed by atoms with Gasteiger partial charge >= 0.3 is 0 Å². The fourth-order valence-corrected chi connectivity index (χ4v) is 3.78. The SMILES string of the molecule is CC[C@@](OC)(c1cc(F)cc(OCc2ccccc2)c1)c1nccs1. The van der Waals surface area contributed by atoms with Gasteiger partial charge in [0.15, 0.2) is 0 Å². The number of aromatic nitrogens is 1. The topological polar surface area (TPSA) is 31.4 Å².